The van der Waals surface area contributed by atoms with Gasteiger partial charge in [-0.05, 0) is 72.7 Å². The van der Waals surface area contributed by atoms with E-state index in [4.69, 9.17) is 16.6 Å². The Kier molecular flexibility index (Phi) is 4.96. The monoisotopic (exact) mass is 462 g/mol. The summed E-state index contributed by atoms with van der Waals surface area (Å²) in [7, 11) is 0. The van der Waals surface area contributed by atoms with E-state index >= 15 is 0 Å². The van der Waals surface area contributed by atoms with Crippen LogP contribution in [0.15, 0.2) is 48.8 Å². The van der Waals surface area contributed by atoms with Crippen molar-refractivity contribution in [2.75, 3.05) is 18.0 Å². The summed E-state index contributed by atoms with van der Waals surface area (Å²) >= 11 is 6.03. The van der Waals surface area contributed by atoms with E-state index in [-0.39, 0.29) is 11.5 Å². The van der Waals surface area contributed by atoms with E-state index in [2.05, 4.69) is 34.3 Å². The fraction of sp³-hybridized carbons (Fsp3) is 0.385. The lowest BCUT2D eigenvalue weighted by atomic mass is 9.88. The van der Waals surface area contributed by atoms with Gasteiger partial charge in [-0.3, -0.25) is 0 Å². The lowest BCUT2D eigenvalue weighted by Gasteiger charge is -2.27. The number of halogens is 1. The second kappa shape index (κ2) is 7.77. The maximum atomic E-state index is 11.1. The van der Waals surface area contributed by atoms with Crippen molar-refractivity contribution in [1.82, 2.24) is 15.3 Å². The first-order valence-electron chi connectivity index (χ1n) is 11.6. The molecule has 1 aliphatic carbocycles. The number of anilines is 2. The van der Waals surface area contributed by atoms with Gasteiger partial charge < -0.3 is 20.4 Å². The van der Waals surface area contributed by atoms with Crippen LogP contribution in [-0.2, 0) is 5.54 Å². The molecule has 0 radical (unpaired) electrons. The smallest absolute Gasteiger partial charge is 0.140 e. The summed E-state index contributed by atoms with van der Waals surface area (Å²) in [6.45, 7) is 3.87. The van der Waals surface area contributed by atoms with Crippen LogP contribution in [0.5, 0.6) is 0 Å². The molecule has 170 valence electrons. The van der Waals surface area contributed by atoms with Crippen LogP contribution in [-0.4, -0.2) is 33.3 Å². The minimum Gasteiger partial charge on any atom is -0.387 e. The highest BCUT2D eigenvalue weighted by molar-refractivity contribution is 6.30. The van der Waals surface area contributed by atoms with Gasteiger partial charge in [0.15, 0.2) is 0 Å². The zero-order chi connectivity index (χ0) is 22.7. The molecule has 3 aliphatic rings. The summed E-state index contributed by atoms with van der Waals surface area (Å²) < 4.78 is 0. The van der Waals surface area contributed by atoms with Crippen LogP contribution < -0.4 is 10.2 Å². The highest BCUT2D eigenvalue weighted by Crippen LogP contribution is 2.51. The Labute approximate surface area is 198 Å². The van der Waals surface area contributed by atoms with Gasteiger partial charge in [-0.15, -0.1) is 0 Å². The molecular formula is C26H27ClN4O2. The average Bonchev–Trinajstić information content (AvgIpc) is 3.51. The summed E-state index contributed by atoms with van der Waals surface area (Å²) in [5, 5.41) is 26.0. The standard InChI is InChI=1S/C26H27ClN4O2/c1-15-11-21(32)23-22(15)25(29-14-28-23)31-13-26(9-2-10-30-26)19-12-17(5-8-20(19)31)24(33)16-3-6-18(27)7-4-16/h3-8,12,14-15,21,24,30,32-33H,2,9-11,13H2,1H3/t15-,21+,24+,26?/m0/s1. The number of nitrogens with one attached hydrogen (secondary N) is 1. The largest absolute Gasteiger partial charge is 0.387 e. The Bertz CT molecular complexity index is 1210. The summed E-state index contributed by atoms with van der Waals surface area (Å²) in [6.07, 6.45) is 3.13. The number of hydrogen-bond acceptors (Lipinski definition) is 6. The molecule has 2 aromatic carbocycles. The van der Waals surface area contributed by atoms with Crippen molar-refractivity contribution in [3.05, 3.63) is 81.8 Å². The highest BCUT2D eigenvalue weighted by Gasteiger charge is 2.47. The Hall–Kier alpha value is -2.51. The van der Waals surface area contributed by atoms with Crippen LogP contribution in [0.4, 0.5) is 11.5 Å². The molecule has 1 saturated heterocycles. The van der Waals surface area contributed by atoms with Gasteiger partial charge in [0, 0.05) is 22.8 Å². The second-order valence-electron chi connectivity index (χ2n) is 9.58. The third-order valence-corrected chi connectivity index (χ3v) is 7.79. The molecule has 0 bridgehead atoms. The van der Waals surface area contributed by atoms with Crippen LogP contribution in [0.1, 0.15) is 72.3 Å². The molecule has 6 rings (SSSR count). The minimum atomic E-state index is -0.724. The predicted molar refractivity (Wildman–Crippen MR) is 128 cm³/mol. The zero-order valence-corrected chi connectivity index (χ0v) is 19.3. The van der Waals surface area contributed by atoms with Gasteiger partial charge >= 0.3 is 0 Å². The quantitative estimate of drug-likeness (QED) is 0.532. The summed E-state index contributed by atoms with van der Waals surface area (Å²) in [4.78, 5) is 11.4. The zero-order valence-electron chi connectivity index (χ0n) is 18.5. The Morgan fingerprint density at radius 1 is 1.15 bits per heavy atom. The number of rotatable bonds is 3. The van der Waals surface area contributed by atoms with Crippen molar-refractivity contribution < 1.29 is 10.2 Å². The van der Waals surface area contributed by atoms with E-state index in [1.165, 1.54) is 5.56 Å². The molecule has 0 amide bonds. The molecule has 33 heavy (non-hydrogen) atoms. The van der Waals surface area contributed by atoms with E-state index in [1.807, 2.05) is 18.2 Å². The summed E-state index contributed by atoms with van der Waals surface area (Å²) in [5.74, 6) is 1.09. The molecule has 6 nitrogen and oxygen atoms in total. The number of aromatic nitrogens is 2. The molecule has 7 heteroatoms. The SMILES string of the molecule is C[C@H]1C[C@@H](O)c2ncnc(N3CC4(CCCN4)c4cc([C@H](O)c5ccc(Cl)cc5)ccc43)c21. The third-order valence-electron chi connectivity index (χ3n) is 7.53. The van der Waals surface area contributed by atoms with Gasteiger partial charge in [-0.25, -0.2) is 9.97 Å². The van der Waals surface area contributed by atoms with E-state index in [0.29, 0.717) is 11.4 Å². The van der Waals surface area contributed by atoms with E-state index < -0.39 is 12.2 Å². The van der Waals surface area contributed by atoms with Crippen molar-refractivity contribution in [1.29, 1.82) is 0 Å². The van der Waals surface area contributed by atoms with Crippen LogP contribution in [0, 0.1) is 0 Å². The average molecular weight is 463 g/mol. The van der Waals surface area contributed by atoms with Gasteiger partial charge in [0.1, 0.15) is 18.2 Å². The molecule has 4 atom stereocenters. The number of fused-ring (bicyclic) bond motifs is 3. The Morgan fingerprint density at radius 2 is 1.94 bits per heavy atom. The maximum absolute atomic E-state index is 11.1. The van der Waals surface area contributed by atoms with Crippen molar-refractivity contribution in [2.45, 2.75) is 49.9 Å². The van der Waals surface area contributed by atoms with Crippen LogP contribution in [0.3, 0.4) is 0 Å². The molecule has 1 unspecified atom stereocenters. The minimum absolute atomic E-state index is 0.177. The van der Waals surface area contributed by atoms with Crippen molar-refractivity contribution in [3.63, 3.8) is 0 Å². The number of nitrogens with zero attached hydrogens (tertiary/aromatic N) is 3. The van der Waals surface area contributed by atoms with Crippen LogP contribution in [0.25, 0.3) is 0 Å². The normalized spacial score (nSPS) is 26.6. The Morgan fingerprint density at radius 3 is 2.70 bits per heavy atom. The third kappa shape index (κ3) is 3.28. The second-order valence-corrected chi connectivity index (χ2v) is 10.0. The first-order chi connectivity index (χ1) is 16.0. The summed E-state index contributed by atoms with van der Waals surface area (Å²) in [6, 6.07) is 13.6. The lowest BCUT2D eigenvalue weighted by molar-refractivity contribution is 0.170. The lowest BCUT2D eigenvalue weighted by Crippen LogP contribution is -2.40. The number of aliphatic hydroxyl groups excluding tert-OH is 2. The Balaban J connectivity index is 1.45. The fourth-order valence-corrected chi connectivity index (χ4v) is 6.02. The molecule has 0 saturated carbocycles. The van der Waals surface area contributed by atoms with E-state index in [0.717, 1.165) is 59.8 Å². The van der Waals surface area contributed by atoms with Crippen molar-refractivity contribution >= 4 is 23.1 Å². The van der Waals surface area contributed by atoms with E-state index in [1.54, 1.807) is 18.5 Å². The molecule has 3 N–H and O–H groups in total. The number of benzene rings is 2. The maximum Gasteiger partial charge on any atom is 0.140 e. The van der Waals surface area contributed by atoms with Gasteiger partial charge in [-0.2, -0.15) is 0 Å². The first-order valence-corrected chi connectivity index (χ1v) is 12.0. The number of hydrogen-bond donors (Lipinski definition) is 3. The van der Waals surface area contributed by atoms with Crippen LogP contribution >= 0.6 is 11.6 Å². The number of aliphatic hydroxyl groups is 2. The van der Waals surface area contributed by atoms with Gasteiger partial charge in [0.25, 0.3) is 0 Å². The van der Waals surface area contributed by atoms with Gasteiger partial charge in [-0.1, -0.05) is 36.7 Å². The molecule has 3 heterocycles. The summed E-state index contributed by atoms with van der Waals surface area (Å²) in [5.41, 5.74) is 5.61. The topological polar surface area (TPSA) is 81.5 Å². The van der Waals surface area contributed by atoms with Crippen LogP contribution in [0.2, 0.25) is 5.02 Å². The fourth-order valence-electron chi connectivity index (χ4n) is 5.90. The van der Waals surface area contributed by atoms with Gasteiger partial charge in [0.05, 0.1) is 17.3 Å². The molecule has 1 aromatic heterocycles. The van der Waals surface area contributed by atoms with Crippen molar-refractivity contribution in [2.24, 2.45) is 0 Å². The molecule has 3 aromatic rings. The predicted octanol–water partition coefficient (Wildman–Crippen LogP) is 4.48. The van der Waals surface area contributed by atoms with E-state index in [9.17, 15) is 10.2 Å². The molecule has 1 spiro atoms. The molecule has 1 fully saturated rings. The van der Waals surface area contributed by atoms with Crippen molar-refractivity contribution in [3.8, 4) is 0 Å². The first kappa shape index (κ1) is 21.1. The molecular weight excluding hydrogens is 436 g/mol. The van der Waals surface area contributed by atoms with Gasteiger partial charge in [0.2, 0.25) is 0 Å². The molecule has 2 aliphatic heterocycles. The highest BCUT2D eigenvalue weighted by atomic mass is 35.5.